The van der Waals surface area contributed by atoms with Crippen LogP contribution < -0.4 is 4.90 Å². The van der Waals surface area contributed by atoms with Crippen LogP contribution in [0.1, 0.15) is 47.1 Å². The van der Waals surface area contributed by atoms with Crippen LogP contribution in [-0.4, -0.2) is 74.5 Å². The third-order valence-electron chi connectivity index (χ3n) is 7.00. The molecule has 5 rings (SSSR count). The Morgan fingerprint density at radius 3 is 2.78 bits per heavy atom. The molecule has 1 N–H and O–H groups in total. The van der Waals surface area contributed by atoms with Crippen LogP contribution in [0, 0.1) is 6.92 Å². The van der Waals surface area contributed by atoms with Crippen LogP contribution in [0.3, 0.4) is 0 Å². The van der Waals surface area contributed by atoms with Crippen molar-refractivity contribution >= 4 is 11.6 Å². The summed E-state index contributed by atoms with van der Waals surface area (Å²) in [5.74, 6) is 0.925. The number of aryl methyl sites for hydroxylation is 2. The highest BCUT2D eigenvalue weighted by Gasteiger charge is 2.26. The van der Waals surface area contributed by atoms with Crippen LogP contribution in [0.2, 0.25) is 0 Å². The van der Waals surface area contributed by atoms with E-state index in [4.69, 9.17) is 15.0 Å². The molecule has 1 atom stereocenters. The van der Waals surface area contributed by atoms with Gasteiger partial charge in [0.15, 0.2) is 0 Å². The maximum atomic E-state index is 10.0. The van der Waals surface area contributed by atoms with E-state index >= 15 is 0 Å². The Labute approximate surface area is 189 Å². The number of anilines is 1. The minimum absolute atomic E-state index is 0.0580. The number of imidazole rings is 1. The van der Waals surface area contributed by atoms with Gasteiger partial charge in [0.2, 0.25) is 5.95 Å². The molecular formula is C24H33N7O. The third-order valence-corrected chi connectivity index (χ3v) is 7.00. The second-order valence-corrected chi connectivity index (χ2v) is 9.22. The number of hydrogen-bond donors (Lipinski definition) is 1. The van der Waals surface area contributed by atoms with Crippen molar-refractivity contribution < 1.29 is 5.11 Å². The van der Waals surface area contributed by atoms with Crippen molar-refractivity contribution in [3.63, 3.8) is 0 Å². The number of piperazine rings is 1. The molecule has 0 aromatic carbocycles. The first kappa shape index (κ1) is 21.3. The Bertz CT molecular complexity index is 1100. The van der Waals surface area contributed by atoms with Gasteiger partial charge in [0.05, 0.1) is 29.7 Å². The van der Waals surface area contributed by atoms with Crippen molar-refractivity contribution in [3.8, 4) is 0 Å². The fourth-order valence-corrected chi connectivity index (χ4v) is 5.10. The fourth-order valence-electron chi connectivity index (χ4n) is 5.10. The maximum absolute atomic E-state index is 10.0. The van der Waals surface area contributed by atoms with Gasteiger partial charge >= 0.3 is 0 Å². The first-order chi connectivity index (χ1) is 15.5. The molecule has 1 aliphatic carbocycles. The molecule has 1 aliphatic heterocycles. The number of aliphatic hydroxyl groups excluding tert-OH is 1. The SMILES string of the molecule is Cc1nc(N2CCN(C)CC2)n2cc(CN(C)[C@H]3CCCc4cccnc43)nc2c1CO. The average molecular weight is 436 g/mol. The number of nitrogens with zero attached hydrogens (tertiary/aromatic N) is 7. The molecule has 0 radical (unpaired) electrons. The van der Waals surface area contributed by atoms with Gasteiger partial charge in [0.25, 0.3) is 0 Å². The lowest BCUT2D eigenvalue weighted by molar-refractivity contribution is 0.206. The first-order valence-corrected chi connectivity index (χ1v) is 11.6. The van der Waals surface area contributed by atoms with E-state index in [1.54, 1.807) is 0 Å². The van der Waals surface area contributed by atoms with E-state index in [1.165, 1.54) is 17.7 Å². The van der Waals surface area contributed by atoms with Crippen LogP contribution in [0.5, 0.6) is 0 Å². The number of likely N-dealkylation sites (N-methyl/N-ethyl adjacent to an activating group) is 1. The largest absolute Gasteiger partial charge is 0.391 e. The van der Waals surface area contributed by atoms with E-state index in [-0.39, 0.29) is 6.61 Å². The van der Waals surface area contributed by atoms with Gasteiger partial charge < -0.3 is 14.9 Å². The van der Waals surface area contributed by atoms with Crippen LogP contribution in [0.25, 0.3) is 5.65 Å². The summed E-state index contributed by atoms with van der Waals surface area (Å²) in [7, 11) is 4.32. The van der Waals surface area contributed by atoms with Crippen LogP contribution in [0.4, 0.5) is 5.95 Å². The van der Waals surface area contributed by atoms with Crippen molar-refractivity contribution in [1.29, 1.82) is 0 Å². The van der Waals surface area contributed by atoms with E-state index in [2.05, 4.69) is 45.5 Å². The van der Waals surface area contributed by atoms with Gasteiger partial charge in [-0.1, -0.05) is 6.07 Å². The fraction of sp³-hybridized carbons (Fsp3) is 0.542. The Hall–Kier alpha value is -2.55. The Kier molecular flexibility index (Phi) is 5.84. The van der Waals surface area contributed by atoms with Gasteiger partial charge in [-0.15, -0.1) is 0 Å². The summed E-state index contributed by atoms with van der Waals surface area (Å²) >= 11 is 0. The molecule has 0 bridgehead atoms. The number of fused-ring (bicyclic) bond motifs is 2. The molecule has 0 saturated carbocycles. The topological polar surface area (TPSA) is 73.0 Å². The molecule has 0 amide bonds. The molecule has 4 heterocycles. The highest BCUT2D eigenvalue weighted by Crippen LogP contribution is 2.33. The number of pyridine rings is 1. The minimum atomic E-state index is -0.0580. The second-order valence-electron chi connectivity index (χ2n) is 9.22. The molecule has 3 aromatic rings. The summed E-state index contributed by atoms with van der Waals surface area (Å²) in [4.78, 5) is 21.6. The van der Waals surface area contributed by atoms with Gasteiger partial charge in [0.1, 0.15) is 5.65 Å². The van der Waals surface area contributed by atoms with E-state index in [9.17, 15) is 5.11 Å². The quantitative estimate of drug-likeness (QED) is 0.659. The van der Waals surface area contributed by atoms with E-state index in [0.29, 0.717) is 6.04 Å². The lowest BCUT2D eigenvalue weighted by Crippen LogP contribution is -2.45. The Balaban J connectivity index is 1.47. The minimum Gasteiger partial charge on any atom is -0.391 e. The summed E-state index contributed by atoms with van der Waals surface area (Å²) in [6.07, 6.45) is 7.42. The molecule has 3 aromatic heterocycles. The summed E-state index contributed by atoms with van der Waals surface area (Å²) in [6.45, 7) is 6.55. The zero-order valence-corrected chi connectivity index (χ0v) is 19.3. The predicted molar refractivity (Wildman–Crippen MR) is 125 cm³/mol. The highest BCUT2D eigenvalue weighted by molar-refractivity contribution is 5.56. The van der Waals surface area contributed by atoms with Crippen LogP contribution in [-0.2, 0) is 19.6 Å². The summed E-state index contributed by atoms with van der Waals surface area (Å²) in [5, 5.41) is 10.0. The molecule has 1 fully saturated rings. The smallest absolute Gasteiger partial charge is 0.211 e. The van der Waals surface area contributed by atoms with Gasteiger partial charge in [0, 0.05) is 50.7 Å². The van der Waals surface area contributed by atoms with E-state index in [1.807, 2.05) is 19.2 Å². The molecule has 8 heteroatoms. The van der Waals surface area contributed by atoms with Gasteiger partial charge in [-0.25, -0.2) is 9.97 Å². The third kappa shape index (κ3) is 3.87. The molecule has 1 saturated heterocycles. The number of hydrogen-bond acceptors (Lipinski definition) is 7. The summed E-state index contributed by atoms with van der Waals surface area (Å²) < 4.78 is 2.08. The number of aliphatic hydroxyl groups is 1. The lowest BCUT2D eigenvalue weighted by Gasteiger charge is -2.33. The molecular weight excluding hydrogens is 402 g/mol. The zero-order chi connectivity index (χ0) is 22.2. The number of rotatable bonds is 5. The first-order valence-electron chi connectivity index (χ1n) is 11.6. The summed E-state index contributed by atoms with van der Waals surface area (Å²) in [6, 6.07) is 4.55. The summed E-state index contributed by atoms with van der Waals surface area (Å²) in [5.41, 5.74) is 6.04. The van der Waals surface area contributed by atoms with Crippen LogP contribution >= 0.6 is 0 Å². The van der Waals surface area contributed by atoms with Crippen molar-refractivity contribution in [2.75, 3.05) is 45.2 Å². The van der Waals surface area contributed by atoms with Crippen molar-refractivity contribution in [1.82, 2.24) is 29.2 Å². The molecule has 8 nitrogen and oxygen atoms in total. The standard InChI is InChI=1S/C24H33N7O/c1-17-20(16-32)23-27-19(15-31(23)24(26-17)30-12-10-28(2)11-13-30)14-29(3)21-8-4-6-18-7-5-9-25-22(18)21/h5,7,9,15,21,32H,4,6,8,10-14,16H2,1-3H3/t21-/m0/s1. The van der Waals surface area contributed by atoms with E-state index < -0.39 is 0 Å². The van der Waals surface area contributed by atoms with E-state index in [0.717, 1.165) is 74.1 Å². The van der Waals surface area contributed by atoms with Crippen molar-refractivity contribution in [2.24, 2.45) is 0 Å². The monoisotopic (exact) mass is 435 g/mol. The average Bonchev–Trinajstić information content (AvgIpc) is 3.22. The molecule has 0 spiro atoms. The molecule has 2 aliphatic rings. The molecule has 0 unspecified atom stereocenters. The predicted octanol–water partition coefficient (Wildman–Crippen LogP) is 2.19. The van der Waals surface area contributed by atoms with Crippen LogP contribution in [0.15, 0.2) is 24.5 Å². The maximum Gasteiger partial charge on any atom is 0.211 e. The normalized spacial score (nSPS) is 19.7. The lowest BCUT2D eigenvalue weighted by atomic mass is 9.91. The molecule has 170 valence electrons. The second kappa shape index (κ2) is 8.77. The zero-order valence-electron chi connectivity index (χ0n) is 19.3. The van der Waals surface area contributed by atoms with Gasteiger partial charge in [-0.3, -0.25) is 14.3 Å². The Morgan fingerprint density at radius 1 is 1.19 bits per heavy atom. The van der Waals surface area contributed by atoms with Crippen molar-refractivity contribution in [3.05, 3.63) is 52.7 Å². The van der Waals surface area contributed by atoms with Gasteiger partial charge in [-0.2, -0.15) is 0 Å². The van der Waals surface area contributed by atoms with Gasteiger partial charge in [-0.05, 0) is 51.9 Å². The Morgan fingerprint density at radius 2 is 2.00 bits per heavy atom. The van der Waals surface area contributed by atoms with Crippen molar-refractivity contribution in [2.45, 2.75) is 45.4 Å². The number of aromatic nitrogens is 4. The highest BCUT2D eigenvalue weighted by atomic mass is 16.3. The molecule has 32 heavy (non-hydrogen) atoms.